The zero-order chi connectivity index (χ0) is 16.9. The maximum atomic E-state index is 12.8. The highest BCUT2D eigenvalue weighted by Gasteiger charge is 2.34. The molecule has 0 radical (unpaired) electrons. The molecule has 0 aromatic carbocycles. The molecule has 3 fully saturated rings. The molecule has 1 atom stereocenters. The SMILES string of the molecule is CCOC(=O)N1CCCC(C(=O)N2CCN(C3CCCC3)CC2)C1. The molecule has 1 saturated carbocycles. The number of likely N-dealkylation sites (tertiary alicyclic amines) is 1. The molecule has 2 saturated heterocycles. The fourth-order valence-electron chi connectivity index (χ4n) is 4.39. The van der Waals surface area contributed by atoms with Gasteiger partial charge in [0.1, 0.15) is 0 Å². The monoisotopic (exact) mass is 337 g/mol. The van der Waals surface area contributed by atoms with E-state index in [-0.39, 0.29) is 17.9 Å². The molecule has 0 aromatic rings. The number of carbonyl (C=O) groups excluding carboxylic acids is 2. The minimum atomic E-state index is -0.277. The van der Waals surface area contributed by atoms with Gasteiger partial charge in [-0.3, -0.25) is 9.69 Å². The van der Waals surface area contributed by atoms with Crippen molar-refractivity contribution in [2.45, 2.75) is 51.5 Å². The number of hydrogen-bond donors (Lipinski definition) is 0. The fourth-order valence-corrected chi connectivity index (χ4v) is 4.39. The average Bonchev–Trinajstić information content (AvgIpc) is 3.16. The lowest BCUT2D eigenvalue weighted by Gasteiger charge is -2.40. The van der Waals surface area contributed by atoms with Crippen LogP contribution in [-0.4, -0.2) is 78.6 Å². The van der Waals surface area contributed by atoms with Crippen molar-refractivity contribution in [3.05, 3.63) is 0 Å². The maximum absolute atomic E-state index is 12.8. The highest BCUT2D eigenvalue weighted by molar-refractivity contribution is 5.80. The Morgan fingerprint density at radius 1 is 0.917 bits per heavy atom. The normalized spacial score (nSPS) is 26.6. The Bertz CT molecular complexity index is 443. The van der Waals surface area contributed by atoms with Crippen LogP contribution in [0.1, 0.15) is 45.4 Å². The van der Waals surface area contributed by atoms with Gasteiger partial charge in [-0.25, -0.2) is 4.79 Å². The van der Waals surface area contributed by atoms with Crippen molar-refractivity contribution in [1.82, 2.24) is 14.7 Å². The van der Waals surface area contributed by atoms with Gasteiger partial charge in [-0.1, -0.05) is 12.8 Å². The van der Waals surface area contributed by atoms with E-state index < -0.39 is 0 Å². The van der Waals surface area contributed by atoms with Gasteiger partial charge in [0.2, 0.25) is 5.91 Å². The van der Waals surface area contributed by atoms with Gasteiger partial charge in [-0.2, -0.15) is 0 Å². The van der Waals surface area contributed by atoms with Gasteiger partial charge in [0.05, 0.1) is 12.5 Å². The zero-order valence-corrected chi connectivity index (χ0v) is 14.9. The largest absolute Gasteiger partial charge is 0.450 e. The Morgan fingerprint density at radius 3 is 2.29 bits per heavy atom. The molecule has 1 unspecified atom stereocenters. The summed E-state index contributed by atoms with van der Waals surface area (Å²) < 4.78 is 5.08. The second kappa shape index (κ2) is 8.19. The first-order valence-electron chi connectivity index (χ1n) is 9.63. The van der Waals surface area contributed by atoms with Gasteiger partial charge in [0.15, 0.2) is 0 Å². The first-order chi connectivity index (χ1) is 11.7. The summed E-state index contributed by atoms with van der Waals surface area (Å²) in [6.45, 7) is 7.11. The van der Waals surface area contributed by atoms with Crippen LogP contribution >= 0.6 is 0 Å². The molecule has 0 aromatic heterocycles. The first-order valence-corrected chi connectivity index (χ1v) is 9.63. The van der Waals surface area contributed by atoms with Gasteiger partial charge in [-0.05, 0) is 32.6 Å². The summed E-state index contributed by atoms with van der Waals surface area (Å²) >= 11 is 0. The third-order valence-corrected chi connectivity index (χ3v) is 5.76. The van der Waals surface area contributed by atoms with Crippen LogP contribution in [-0.2, 0) is 9.53 Å². The highest BCUT2D eigenvalue weighted by atomic mass is 16.6. The van der Waals surface area contributed by atoms with Gasteiger partial charge in [0.25, 0.3) is 0 Å². The van der Waals surface area contributed by atoms with Crippen LogP contribution in [0.3, 0.4) is 0 Å². The van der Waals surface area contributed by atoms with Crippen molar-refractivity contribution in [1.29, 1.82) is 0 Å². The van der Waals surface area contributed by atoms with E-state index in [1.165, 1.54) is 25.7 Å². The standard InChI is InChI=1S/C18H31N3O3/c1-2-24-18(23)21-9-5-6-15(14-21)17(22)20-12-10-19(11-13-20)16-7-3-4-8-16/h15-16H,2-14H2,1H3. The highest BCUT2D eigenvalue weighted by Crippen LogP contribution is 2.25. The lowest BCUT2D eigenvalue weighted by molar-refractivity contribution is -0.139. The van der Waals surface area contributed by atoms with Crippen LogP contribution in [0.15, 0.2) is 0 Å². The number of rotatable bonds is 3. The van der Waals surface area contributed by atoms with Crippen molar-refractivity contribution < 1.29 is 14.3 Å². The Balaban J connectivity index is 1.48. The molecule has 0 bridgehead atoms. The number of nitrogens with zero attached hydrogens (tertiary/aromatic N) is 3. The second-order valence-corrected chi connectivity index (χ2v) is 7.28. The molecule has 24 heavy (non-hydrogen) atoms. The Labute approximate surface area is 145 Å². The Kier molecular flexibility index (Phi) is 5.98. The number of carbonyl (C=O) groups is 2. The summed E-state index contributed by atoms with van der Waals surface area (Å²) in [6.07, 6.45) is 6.86. The third-order valence-electron chi connectivity index (χ3n) is 5.76. The van der Waals surface area contributed by atoms with E-state index in [0.717, 1.165) is 45.1 Å². The number of piperazine rings is 1. The van der Waals surface area contributed by atoms with Crippen LogP contribution in [0.4, 0.5) is 4.79 Å². The summed E-state index contributed by atoms with van der Waals surface area (Å²) in [4.78, 5) is 31.0. The molecule has 6 nitrogen and oxygen atoms in total. The molecule has 2 amide bonds. The lowest BCUT2D eigenvalue weighted by Crippen LogP contribution is -2.54. The van der Waals surface area contributed by atoms with E-state index >= 15 is 0 Å². The van der Waals surface area contributed by atoms with E-state index in [9.17, 15) is 9.59 Å². The second-order valence-electron chi connectivity index (χ2n) is 7.28. The van der Waals surface area contributed by atoms with Gasteiger partial charge < -0.3 is 14.5 Å². The topological polar surface area (TPSA) is 53.1 Å². The van der Waals surface area contributed by atoms with E-state index in [1.54, 1.807) is 4.90 Å². The summed E-state index contributed by atoms with van der Waals surface area (Å²) in [7, 11) is 0. The predicted molar refractivity (Wildman–Crippen MR) is 91.7 cm³/mol. The molecule has 0 spiro atoms. The summed E-state index contributed by atoms with van der Waals surface area (Å²) in [5.74, 6) is 0.177. The molecule has 2 heterocycles. The van der Waals surface area contributed by atoms with E-state index in [2.05, 4.69) is 4.90 Å². The first kappa shape index (κ1) is 17.5. The lowest BCUT2D eigenvalue weighted by atomic mass is 9.96. The van der Waals surface area contributed by atoms with Crippen LogP contribution in [0.25, 0.3) is 0 Å². The summed E-state index contributed by atoms with van der Waals surface area (Å²) in [6, 6.07) is 0.747. The van der Waals surface area contributed by atoms with Crippen LogP contribution < -0.4 is 0 Å². The zero-order valence-electron chi connectivity index (χ0n) is 14.9. The smallest absolute Gasteiger partial charge is 0.409 e. The fraction of sp³-hybridized carbons (Fsp3) is 0.889. The van der Waals surface area contributed by atoms with Crippen LogP contribution in [0.2, 0.25) is 0 Å². The van der Waals surface area contributed by atoms with Crippen molar-refractivity contribution >= 4 is 12.0 Å². The van der Waals surface area contributed by atoms with Crippen LogP contribution in [0, 0.1) is 5.92 Å². The Morgan fingerprint density at radius 2 is 1.62 bits per heavy atom. The third kappa shape index (κ3) is 4.02. The van der Waals surface area contributed by atoms with Crippen molar-refractivity contribution in [3.63, 3.8) is 0 Å². The molecule has 6 heteroatoms. The molecule has 2 aliphatic heterocycles. The van der Waals surface area contributed by atoms with E-state index in [0.29, 0.717) is 19.7 Å². The van der Waals surface area contributed by atoms with E-state index in [4.69, 9.17) is 4.74 Å². The molecule has 0 N–H and O–H groups in total. The van der Waals surface area contributed by atoms with Crippen LogP contribution in [0.5, 0.6) is 0 Å². The number of hydrogen-bond acceptors (Lipinski definition) is 4. The predicted octanol–water partition coefficient (Wildman–Crippen LogP) is 1.94. The van der Waals surface area contributed by atoms with E-state index in [1.807, 2.05) is 11.8 Å². The molecule has 3 rings (SSSR count). The molecular formula is C18H31N3O3. The average molecular weight is 337 g/mol. The van der Waals surface area contributed by atoms with Crippen molar-refractivity contribution in [2.75, 3.05) is 45.9 Å². The van der Waals surface area contributed by atoms with Gasteiger partial charge >= 0.3 is 6.09 Å². The van der Waals surface area contributed by atoms with Crippen molar-refractivity contribution in [2.24, 2.45) is 5.92 Å². The van der Waals surface area contributed by atoms with Gasteiger partial charge in [-0.15, -0.1) is 0 Å². The number of piperidine rings is 1. The minimum absolute atomic E-state index is 0.0545. The number of amides is 2. The molecular weight excluding hydrogens is 306 g/mol. The number of ether oxygens (including phenoxy) is 1. The summed E-state index contributed by atoms with van der Waals surface area (Å²) in [5.41, 5.74) is 0. The summed E-state index contributed by atoms with van der Waals surface area (Å²) in [5, 5.41) is 0. The Hall–Kier alpha value is -1.30. The molecule has 136 valence electrons. The molecule has 1 aliphatic carbocycles. The minimum Gasteiger partial charge on any atom is -0.450 e. The maximum Gasteiger partial charge on any atom is 0.409 e. The quantitative estimate of drug-likeness (QED) is 0.790. The van der Waals surface area contributed by atoms with Gasteiger partial charge in [0, 0.05) is 45.3 Å². The molecule has 3 aliphatic rings. The van der Waals surface area contributed by atoms with Crippen molar-refractivity contribution in [3.8, 4) is 0 Å².